The normalized spacial score (nSPS) is 10.8. The molecule has 0 radical (unpaired) electrons. The summed E-state index contributed by atoms with van der Waals surface area (Å²) < 4.78 is 5.52. The number of nitrogens with one attached hydrogen (secondary N) is 2. The molecular formula is C30H26ClN3O3S. The highest BCUT2D eigenvalue weighted by molar-refractivity contribution is 7.97. The van der Waals surface area contributed by atoms with Gasteiger partial charge < -0.3 is 10.1 Å². The summed E-state index contributed by atoms with van der Waals surface area (Å²) in [5.41, 5.74) is 6.84. The van der Waals surface area contributed by atoms with E-state index in [1.807, 2.05) is 42.1 Å². The first kappa shape index (κ1) is 27.0. The number of para-hydroxylation sites is 1. The van der Waals surface area contributed by atoms with Gasteiger partial charge in [0.1, 0.15) is 5.75 Å². The van der Waals surface area contributed by atoms with E-state index in [2.05, 4.69) is 28.0 Å². The van der Waals surface area contributed by atoms with Gasteiger partial charge in [-0.05, 0) is 65.2 Å². The third-order valence-corrected chi connectivity index (χ3v) is 6.78. The number of rotatable bonds is 11. The largest absolute Gasteiger partial charge is 0.484 e. The van der Waals surface area contributed by atoms with Crippen LogP contribution < -0.4 is 15.5 Å². The molecule has 0 saturated carbocycles. The molecule has 2 amide bonds. The molecule has 2 N–H and O–H groups in total. The molecular weight excluding hydrogens is 518 g/mol. The highest BCUT2D eigenvalue weighted by atomic mass is 35.5. The van der Waals surface area contributed by atoms with Crippen molar-refractivity contribution < 1.29 is 14.3 Å². The number of amides is 2. The van der Waals surface area contributed by atoms with Gasteiger partial charge in [-0.25, -0.2) is 5.43 Å². The second-order valence-electron chi connectivity index (χ2n) is 8.26. The van der Waals surface area contributed by atoms with Crippen molar-refractivity contribution in [1.29, 1.82) is 0 Å². The molecule has 0 saturated heterocycles. The van der Waals surface area contributed by atoms with Crippen molar-refractivity contribution in [2.75, 3.05) is 11.9 Å². The second kappa shape index (κ2) is 14.0. The quantitative estimate of drug-likeness (QED) is 0.166. The molecule has 38 heavy (non-hydrogen) atoms. The SMILES string of the molecule is O=C(COc1ccc(/C=N\NC(=O)c2ccc(CSCc3ccccc3)cc2)cc1)Nc1ccccc1Cl. The van der Waals surface area contributed by atoms with Crippen LogP contribution in [0, 0.1) is 0 Å². The molecule has 0 bridgehead atoms. The van der Waals surface area contributed by atoms with Crippen LogP contribution in [0.15, 0.2) is 108 Å². The predicted molar refractivity (Wildman–Crippen MR) is 155 cm³/mol. The Morgan fingerprint density at radius 3 is 2.18 bits per heavy atom. The summed E-state index contributed by atoms with van der Waals surface area (Å²) in [6.45, 7) is -0.154. The van der Waals surface area contributed by atoms with Crippen LogP contribution in [0.2, 0.25) is 5.02 Å². The number of hydrazone groups is 1. The number of hydrogen-bond donors (Lipinski definition) is 2. The monoisotopic (exact) mass is 543 g/mol. The molecule has 4 aromatic rings. The zero-order valence-corrected chi connectivity index (χ0v) is 22.0. The summed E-state index contributed by atoms with van der Waals surface area (Å²) in [7, 11) is 0. The summed E-state index contributed by atoms with van der Waals surface area (Å²) in [6, 6.07) is 31.9. The van der Waals surface area contributed by atoms with Gasteiger partial charge in [0.15, 0.2) is 6.61 Å². The molecule has 192 valence electrons. The fraction of sp³-hybridized carbons (Fsp3) is 0.100. The molecule has 0 heterocycles. The second-order valence-corrected chi connectivity index (χ2v) is 9.65. The zero-order valence-electron chi connectivity index (χ0n) is 20.5. The Balaban J connectivity index is 1.18. The lowest BCUT2D eigenvalue weighted by atomic mass is 10.1. The van der Waals surface area contributed by atoms with E-state index >= 15 is 0 Å². The molecule has 4 rings (SSSR count). The topological polar surface area (TPSA) is 79.8 Å². The number of carbonyl (C=O) groups excluding carboxylic acids is 2. The van der Waals surface area contributed by atoms with Crippen LogP contribution >= 0.6 is 23.4 Å². The van der Waals surface area contributed by atoms with Crippen LogP contribution in [0.1, 0.15) is 27.0 Å². The van der Waals surface area contributed by atoms with Crippen molar-refractivity contribution in [3.05, 3.63) is 130 Å². The minimum absolute atomic E-state index is 0.154. The van der Waals surface area contributed by atoms with Crippen LogP contribution in [-0.2, 0) is 16.3 Å². The minimum atomic E-state index is -0.314. The average Bonchev–Trinajstić information content (AvgIpc) is 2.95. The van der Waals surface area contributed by atoms with Gasteiger partial charge in [-0.15, -0.1) is 0 Å². The molecule has 8 heteroatoms. The van der Waals surface area contributed by atoms with Crippen LogP contribution in [-0.4, -0.2) is 24.6 Å². The molecule has 0 aromatic heterocycles. The van der Waals surface area contributed by atoms with E-state index in [-0.39, 0.29) is 18.4 Å². The Morgan fingerprint density at radius 1 is 0.816 bits per heavy atom. The Morgan fingerprint density at radius 2 is 1.47 bits per heavy atom. The van der Waals surface area contributed by atoms with E-state index in [0.717, 1.165) is 22.6 Å². The smallest absolute Gasteiger partial charge is 0.271 e. The fourth-order valence-corrected chi connectivity index (χ4v) is 4.53. The van der Waals surface area contributed by atoms with Crippen molar-refractivity contribution >= 4 is 47.1 Å². The molecule has 0 unspecified atom stereocenters. The number of ether oxygens (including phenoxy) is 1. The standard InChI is InChI=1S/C30H26ClN3O3S/c31-27-8-4-5-9-28(27)33-29(35)19-37-26-16-12-22(13-17-26)18-32-34-30(36)25-14-10-24(11-15-25)21-38-20-23-6-2-1-3-7-23/h1-18H,19-21H2,(H,33,35)(H,34,36)/b32-18-. The first-order chi connectivity index (χ1) is 18.6. The van der Waals surface area contributed by atoms with Gasteiger partial charge in [-0.1, -0.05) is 66.2 Å². The van der Waals surface area contributed by atoms with Crippen LogP contribution in [0.3, 0.4) is 0 Å². The lowest BCUT2D eigenvalue weighted by Crippen LogP contribution is -2.20. The molecule has 0 aliphatic heterocycles. The third-order valence-electron chi connectivity index (χ3n) is 5.37. The summed E-state index contributed by atoms with van der Waals surface area (Å²) in [6.07, 6.45) is 1.54. The number of benzene rings is 4. The minimum Gasteiger partial charge on any atom is -0.484 e. The Hall–Kier alpha value is -4.07. The van der Waals surface area contributed by atoms with Gasteiger partial charge in [0.2, 0.25) is 0 Å². The summed E-state index contributed by atoms with van der Waals surface area (Å²) in [4.78, 5) is 24.5. The third kappa shape index (κ3) is 8.50. The lowest BCUT2D eigenvalue weighted by Gasteiger charge is -2.08. The Labute approximate surface area is 231 Å². The fourth-order valence-electron chi connectivity index (χ4n) is 3.39. The van der Waals surface area contributed by atoms with Crippen molar-refractivity contribution in [3.8, 4) is 5.75 Å². The first-order valence-corrected chi connectivity index (χ1v) is 13.4. The number of thioether (sulfide) groups is 1. The van der Waals surface area contributed by atoms with Crippen molar-refractivity contribution in [1.82, 2.24) is 5.43 Å². The number of nitrogens with zero attached hydrogens (tertiary/aromatic N) is 1. The van der Waals surface area contributed by atoms with E-state index < -0.39 is 0 Å². The first-order valence-electron chi connectivity index (χ1n) is 11.9. The van der Waals surface area contributed by atoms with Crippen molar-refractivity contribution in [2.45, 2.75) is 11.5 Å². The van der Waals surface area contributed by atoms with Crippen LogP contribution in [0.5, 0.6) is 5.75 Å². The number of carbonyl (C=O) groups is 2. The maximum absolute atomic E-state index is 12.4. The maximum atomic E-state index is 12.4. The highest BCUT2D eigenvalue weighted by Crippen LogP contribution is 2.21. The molecule has 0 aliphatic rings. The summed E-state index contributed by atoms with van der Waals surface area (Å²) in [5.74, 6) is 1.76. The number of halogens is 1. The molecule has 0 spiro atoms. The molecule has 0 aliphatic carbocycles. The van der Waals surface area contributed by atoms with Crippen molar-refractivity contribution in [3.63, 3.8) is 0 Å². The number of anilines is 1. The van der Waals surface area contributed by atoms with E-state index in [1.165, 1.54) is 5.56 Å². The van der Waals surface area contributed by atoms with Gasteiger partial charge in [-0.2, -0.15) is 16.9 Å². The zero-order chi connectivity index (χ0) is 26.6. The van der Waals surface area contributed by atoms with Crippen LogP contribution in [0.25, 0.3) is 0 Å². The highest BCUT2D eigenvalue weighted by Gasteiger charge is 2.07. The summed E-state index contributed by atoms with van der Waals surface area (Å²) >= 11 is 7.88. The molecule has 0 atom stereocenters. The number of hydrogen-bond acceptors (Lipinski definition) is 5. The average molecular weight is 544 g/mol. The van der Waals surface area contributed by atoms with E-state index in [0.29, 0.717) is 22.0 Å². The van der Waals surface area contributed by atoms with E-state index in [9.17, 15) is 9.59 Å². The van der Waals surface area contributed by atoms with Gasteiger partial charge in [-0.3, -0.25) is 9.59 Å². The van der Waals surface area contributed by atoms with Gasteiger partial charge in [0.05, 0.1) is 16.9 Å². The van der Waals surface area contributed by atoms with E-state index in [4.69, 9.17) is 16.3 Å². The van der Waals surface area contributed by atoms with Gasteiger partial charge >= 0.3 is 0 Å². The predicted octanol–water partition coefficient (Wildman–Crippen LogP) is 6.55. The maximum Gasteiger partial charge on any atom is 0.271 e. The van der Waals surface area contributed by atoms with Gasteiger partial charge in [0, 0.05) is 17.1 Å². The van der Waals surface area contributed by atoms with Crippen LogP contribution in [0.4, 0.5) is 5.69 Å². The van der Waals surface area contributed by atoms with E-state index in [1.54, 1.807) is 66.9 Å². The Kier molecular flexibility index (Phi) is 9.96. The lowest BCUT2D eigenvalue weighted by molar-refractivity contribution is -0.118. The summed E-state index contributed by atoms with van der Waals surface area (Å²) in [5, 5.41) is 7.20. The molecule has 4 aromatic carbocycles. The van der Waals surface area contributed by atoms with Gasteiger partial charge in [0.25, 0.3) is 11.8 Å². The van der Waals surface area contributed by atoms with Crippen molar-refractivity contribution in [2.24, 2.45) is 5.10 Å². The molecule has 6 nitrogen and oxygen atoms in total. The molecule has 0 fully saturated rings. The Bertz CT molecular complexity index is 1380.